The monoisotopic (exact) mass is 391 g/mol. The van der Waals surface area contributed by atoms with E-state index in [1.807, 2.05) is 24.3 Å². The van der Waals surface area contributed by atoms with Crippen molar-refractivity contribution in [2.24, 2.45) is 5.92 Å². The van der Waals surface area contributed by atoms with Crippen LogP contribution in [0.3, 0.4) is 0 Å². The standard InChI is InChI=1S/C22H22FN5O/c23-19-7-5-17(6-8-19)20-9-10-21(27-26-20)28-12-2-4-18(15-28)22(29)25-14-16-3-1-11-24-13-16/h1,3,5-11,13,18H,2,4,12,14-15H2,(H,25,29)/t18-/m0/s1. The molecule has 4 rings (SSSR count). The van der Waals surface area contributed by atoms with Gasteiger partial charge in [-0.05, 0) is 60.9 Å². The first-order valence-corrected chi connectivity index (χ1v) is 9.70. The van der Waals surface area contributed by atoms with E-state index in [9.17, 15) is 9.18 Å². The Morgan fingerprint density at radius 1 is 1.14 bits per heavy atom. The number of hydrogen-bond donors (Lipinski definition) is 1. The van der Waals surface area contributed by atoms with Crippen LogP contribution >= 0.6 is 0 Å². The Balaban J connectivity index is 1.37. The van der Waals surface area contributed by atoms with Gasteiger partial charge in [-0.2, -0.15) is 0 Å². The van der Waals surface area contributed by atoms with Crippen molar-refractivity contribution in [1.82, 2.24) is 20.5 Å². The third-order valence-corrected chi connectivity index (χ3v) is 5.10. The summed E-state index contributed by atoms with van der Waals surface area (Å²) < 4.78 is 13.1. The molecule has 3 heterocycles. The smallest absolute Gasteiger partial charge is 0.225 e. The Hall–Kier alpha value is -3.35. The van der Waals surface area contributed by atoms with Gasteiger partial charge in [0.15, 0.2) is 5.82 Å². The molecule has 1 aliphatic rings. The number of piperidine rings is 1. The SMILES string of the molecule is O=C(NCc1cccnc1)[C@H]1CCCN(c2ccc(-c3ccc(F)cc3)nn2)C1. The van der Waals surface area contributed by atoms with Crippen molar-refractivity contribution in [1.29, 1.82) is 0 Å². The molecular formula is C22H22FN5O. The summed E-state index contributed by atoms with van der Waals surface area (Å²) in [5.41, 5.74) is 2.49. The van der Waals surface area contributed by atoms with Crippen molar-refractivity contribution >= 4 is 11.7 Å². The molecule has 6 nitrogen and oxygen atoms in total. The predicted molar refractivity (Wildman–Crippen MR) is 108 cm³/mol. The van der Waals surface area contributed by atoms with Crippen LogP contribution in [0.1, 0.15) is 18.4 Å². The van der Waals surface area contributed by atoms with Gasteiger partial charge in [-0.15, -0.1) is 10.2 Å². The minimum atomic E-state index is -0.278. The number of nitrogens with zero attached hydrogens (tertiary/aromatic N) is 4. The highest BCUT2D eigenvalue weighted by atomic mass is 19.1. The van der Waals surface area contributed by atoms with E-state index in [-0.39, 0.29) is 17.6 Å². The lowest BCUT2D eigenvalue weighted by Gasteiger charge is -2.32. The van der Waals surface area contributed by atoms with Crippen molar-refractivity contribution in [3.8, 4) is 11.3 Å². The first-order valence-electron chi connectivity index (χ1n) is 9.70. The fraction of sp³-hybridized carbons (Fsp3) is 0.273. The Morgan fingerprint density at radius 3 is 2.72 bits per heavy atom. The van der Waals surface area contributed by atoms with E-state index >= 15 is 0 Å². The van der Waals surface area contributed by atoms with Gasteiger partial charge in [-0.25, -0.2) is 4.39 Å². The van der Waals surface area contributed by atoms with Crippen LogP contribution in [0, 0.1) is 11.7 Å². The third kappa shape index (κ3) is 4.74. The highest BCUT2D eigenvalue weighted by molar-refractivity contribution is 5.79. The quantitative estimate of drug-likeness (QED) is 0.723. The average molecular weight is 391 g/mol. The number of halogens is 1. The van der Waals surface area contributed by atoms with Gasteiger partial charge in [0, 0.05) is 37.6 Å². The lowest BCUT2D eigenvalue weighted by molar-refractivity contribution is -0.125. The van der Waals surface area contributed by atoms with Crippen LogP contribution in [0.5, 0.6) is 0 Å². The number of rotatable bonds is 5. The van der Waals surface area contributed by atoms with E-state index in [0.717, 1.165) is 36.3 Å². The van der Waals surface area contributed by atoms with E-state index in [0.29, 0.717) is 18.8 Å². The number of pyridine rings is 1. The maximum absolute atomic E-state index is 13.1. The number of anilines is 1. The fourth-order valence-electron chi connectivity index (χ4n) is 3.50. The molecule has 0 radical (unpaired) electrons. The third-order valence-electron chi connectivity index (χ3n) is 5.10. The zero-order valence-corrected chi connectivity index (χ0v) is 16.0. The summed E-state index contributed by atoms with van der Waals surface area (Å²) in [7, 11) is 0. The molecule has 0 saturated carbocycles. The molecule has 2 aromatic heterocycles. The van der Waals surface area contributed by atoms with Gasteiger partial charge < -0.3 is 10.2 Å². The molecule has 148 valence electrons. The molecule has 1 N–H and O–H groups in total. The summed E-state index contributed by atoms with van der Waals surface area (Å²) in [4.78, 5) is 18.8. The van der Waals surface area contributed by atoms with E-state index in [4.69, 9.17) is 0 Å². The number of aromatic nitrogens is 3. The molecule has 0 aliphatic carbocycles. The molecule has 1 aromatic carbocycles. The largest absolute Gasteiger partial charge is 0.354 e. The molecule has 1 saturated heterocycles. The van der Waals surface area contributed by atoms with Gasteiger partial charge in [0.2, 0.25) is 5.91 Å². The minimum absolute atomic E-state index is 0.0504. The van der Waals surface area contributed by atoms with Crippen molar-refractivity contribution in [3.63, 3.8) is 0 Å². The van der Waals surface area contributed by atoms with Gasteiger partial charge in [0.05, 0.1) is 11.6 Å². The lowest BCUT2D eigenvalue weighted by atomic mass is 9.97. The molecule has 3 aromatic rings. The maximum Gasteiger partial charge on any atom is 0.225 e. The van der Waals surface area contributed by atoms with Gasteiger partial charge >= 0.3 is 0 Å². The number of hydrogen-bond acceptors (Lipinski definition) is 5. The number of benzene rings is 1. The van der Waals surface area contributed by atoms with Crippen molar-refractivity contribution in [3.05, 3.63) is 72.3 Å². The van der Waals surface area contributed by atoms with Crippen LogP contribution in [0.15, 0.2) is 60.9 Å². The van der Waals surface area contributed by atoms with E-state index in [1.165, 1.54) is 12.1 Å². The first kappa shape index (κ1) is 19.0. The van der Waals surface area contributed by atoms with Gasteiger partial charge in [0.1, 0.15) is 5.82 Å². The normalized spacial score (nSPS) is 16.4. The summed E-state index contributed by atoms with van der Waals surface area (Å²) >= 11 is 0. The first-order chi connectivity index (χ1) is 14.2. The second kappa shape index (κ2) is 8.77. The highest BCUT2D eigenvalue weighted by Crippen LogP contribution is 2.23. The second-order valence-electron chi connectivity index (χ2n) is 7.15. The topological polar surface area (TPSA) is 71.0 Å². The number of carbonyl (C=O) groups excluding carboxylic acids is 1. The van der Waals surface area contributed by atoms with Crippen molar-refractivity contribution in [2.75, 3.05) is 18.0 Å². The molecule has 29 heavy (non-hydrogen) atoms. The summed E-state index contributed by atoms with van der Waals surface area (Å²) in [5, 5.41) is 11.6. The molecule has 0 spiro atoms. The average Bonchev–Trinajstić information content (AvgIpc) is 2.79. The van der Waals surface area contributed by atoms with Crippen LogP contribution in [-0.2, 0) is 11.3 Å². The summed E-state index contributed by atoms with van der Waals surface area (Å²) in [5.74, 6) is 0.438. The Morgan fingerprint density at radius 2 is 2.00 bits per heavy atom. The Labute approximate surface area is 168 Å². The summed E-state index contributed by atoms with van der Waals surface area (Å²) in [6, 6.07) is 13.8. The van der Waals surface area contributed by atoms with Crippen molar-refractivity contribution in [2.45, 2.75) is 19.4 Å². The van der Waals surface area contributed by atoms with Gasteiger partial charge in [0.25, 0.3) is 0 Å². The number of amides is 1. The molecule has 1 amide bonds. The van der Waals surface area contributed by atoms with Crippen LogP contribution in [-0.4, -0.2) is 34.2 Å². The minimum Gasteiger partial charge on any atom is -0.354 e. The summed E-state index contributed by atoms with van der Waals surface area (Å²) in [6.45, 7) is 1.94. The van der Waals surface area contributed by atoms with E-state index in [1.54, 1.807) is 24.5 Å². The van der Waals surface area contributed by atoms with Crippen LogP contribution in [0.4, 0.5) is 10.2 Å². The molecule has 1 fully saturated rings. The molecular weight excluding hydrogens is 369 g/mol. The van der Waals surface area contributed by atoms with E-state index < -0.39 is 0 Å². The van der Waals surface area contributed by atoms with Gasteiger partial charge in [-0.3, -0.25) is 9.78 Å². The second-order valence-corrected chi connectivity index (χ2v) is 7.15. The van der Waals surface area contributed by atoms with Crippen LogP contribution < -0.4 is 10.2 Å². The van der Waals surface area contributed by atoms with Crippen LogP contribution in [0.25, 0.3) is 11.3 Å². The molecule has 0 bridgehead atoms. The Kier molecular flexibility index (Phi) is 5.74. The summed E-state index contributed by atoms with van der Waals surface area (Å²) in [6.07, 6.45) is 5.25. The maximum atomic E-state index is 13.1. The number of carbonyl (C=O) groups is 1. The fourth-order valence-corrected chi connectivity index (χ4v) is 3.50. The molecule has 1 aliphatic heterocycles. The molecule has 1 atom stereocenters. The molecule has 7 heteroatoms. The lowest BCUT2D eigenvalue weighted by Crippen LogP contribution is -2.43. The predicted octanol–water partition coefficient (Wildman–Crippen LogP) is 3.21. The van der Waals surface area contributed by atoms with Gasteiger partial charge in [-0.1, -0.05) is 6.07 Å². The molecule has 0 unspecified atom stereocenters. The zero-order valence-electron chi connectivity index (χ0n) is 16.0. The Bertz CT molecular complexity index is 947. The number of nitrogens with one attached hydrogen (secondary N) is 1. The van der Waals surface area contributed by atoms with E-state index in [2.05, 4.69) is 25.4 Å². The highest BCUT2D eigenvalue weighted by Gasteiger charge is 2.26. The van der Waals surface area contributed by atoms with Crippen LogP contribution in [0.2, 0.25) is 0 Å². The van der Waals surface area contributed by atoms with Crippen molar-refractivity contribution < 1.29 is 9.18 Å². The zero-order chi connectivity index (χ0) is 20.1.